The van der Waals surface area contributed by atoms with E-state index >= 15 is 0 Å². The maximum atomic E-state index is 12.1. The molecule has 0 bridgehead atoms. The van der Waals surface area contributed by atoms with Gasteiger partial charge in [0.1, 0.15) is 0 Å². The summed E-state index contributed by atoms with van der Waals surface area (Å²) in [5.74, 6) is -1.13. The first kappa shape index (κ1) is 19.6. The summed E-state index contributed by atoms with van der Waals surface area (Å²) in [4.78, 5) is 23.4. The second-order valence-electron chi connectivity index (χ2n) is 5.54. The molecule has 0 saturated carbocycles. The highest BCUT2D eigenvalue weighted by molar-refractivity contribution is 7.89. The average molecular weight is 376 g/mol. The summed E-state index contributed by atoms with van der Waals surface area (Å²) in [6.45, 7) is 1.31. The number of ether oxygens (including phenoxy) is 1. The second kappa shape index (κ2) is 9.12. The van der Waals surface area contributed by atoms with Gasteiger partial charge >= 0.3 is 5.97 Å². The number of amides is 1. The number of aryl methyl sites for hydroxylation is 1. The molecule has 26 heavy (non-hydrogen) atoms. The Morgan fingerprint density at radius 3 is 2.31 bits per heavy atom. The molecule has 2 N–H and O–H groups in total. The second-order valence-corrected chi connectivity index (χ2v) is 7.30. The zero-order valence-electron chi connectivity index (χ0n) is 14.3. The third kappa shape index (κ3) is 6.30. The predicted molar refractivity (Wildman–Crippen MR) is 97.0 cm³/mol. The van der Waals surface area contributed by atoms with Gasteiger partial charge in [0.2, 0.25) is 10.0 Å². The van der Waals surface area contributed by atoms with Crippen molar-refractivity contribution in [3.8, 4) is 0 Å². The highest BCUT2D eigenvalue weighted by Crippen LogP contribution is 2.09. The summed E-state index contributed by atoms with van der Waals surface area (Å²) in [5, 5.41) is 2.58. The highest BCUT2D eigenvalue weighted by atomic mass is 32.2. The molecule has 0 heterocycles. The molecule has 138 valence electrons. The van der Waals surface area contributed by atoms with Crippen molar-refractivity contribution >= 4 is 27.6 Å². The van der Waals surface area contributed by atoms with Crippen molar-refractivity contribution < 1.29 is 22.7 Å². The van der Waals surface area contributed by atoms with Crippen molar-refractivity contribution in [1.82, 2.24) is 4.72 Å². The SMILES string of the molecule is Cc1ccc(S(=O)(=O)NCCC(=O)OCC(=O)Nc2ccccc2)cc1. The number of carbonyl (C=O) groups is 2. The Labute approximate surface area is 152 Å². The fraction of sp³-hybridized carbons (Fsp3) is 0.222. The first-order chi connectivity index (χ1) is 12.4. The first-order valence-corrected chi connectivity index (χ1v) is 9.42. The lowest BCUT2D eigenvalue weighted by Gasteiger charge is -2.08. The number of rotatable bonds is 8. The number of para-hydroxylation sites is 1. The van der Waals surface area contributed by atoms with E-state index in [0.29, 0.717) is 5.69 Å². The average Bonchev–Trinajstić information content (AvgIpc) is 2.61. The van der Waals surface area contributed by atoms with Crippen molar-refractivity contribution in [2.45, 2.75) is 18.2 Å². The van der Waals surface area contributed by atoms with Gasteiger partial charge in [-0.15, -0.1) is 0 Å². The van der Waals surface area contributed by atoms with Crippen LogP contribution in [0.5, 0.6) is 0 Å². The van der Waals surface area contributed by atoms with Crippen LogP contribution < -0.4 is 10.0 Å². The molecule has 0 aromatic heterocycles. The topological polar surface area (TPSA) is 102 Å². The highest BCUT2D eigenvalue weighted by Gasteiger charge is 2.14. The van der Waals surface area contributed by atoms with E-state index < -0.39 is 28.5 Å². The van der Waals surface area contributed by atoms with E-state index in [1.54, 1.807) is 36.4 Å². The molecule has 1 amide bonds. The van der Waals surface area contributed by atoms with E-state index in [4.69, 9.17) is 4.74 Å². The fourth-order valence-electron chi connectivity index (χ4n) is 2.02. The Balaban J connectivity index is 1.71. The summed E-state index contributed by atoms with van der Waals surface area (Å²) in [6.07, 6.45) is -0.177. The van der Waals surface area contributed by atoms with E-state index in [1.165, 1.54) is 12.1 Å². The van der Waals surface area contributed by atoms with Crippen molar-refractivity contribution in [3.63, 3.8) is 0 Å². The molecule has 0 aliphatic carbocycles. The minimum atomic E-state index is -3.68. The molecule has 0 radical (unpaired) electrons. The van der Waals surface area contributed by atoms with Crippen LogP contribution in [0.4, 0.5) is 5.69 Å². The van der Waals surface area contributed by atoms with Crippen molar-refractivity contribution in [1.29, 1.82) is 0 Å². The maximum Gasteiger partial charge on any atom is 0.307 e. The first-order valence-electron chi connectivity index (χ1n) is 7.94. The van der Waals surface area contributed by atoms with Crippen molar-refractivity contribution in [2.75, 3.05) is 18.5 Å². The minimum Gasteiger partial charge on any atom is -0.456 e. The lowest BCUT2D eigenvalue weighted by molar-refractivity contribution is -0.147. The molecule has 7 nitrogen and oxygen atoms in total. The summed E-state index contributed by atoms with van der Waals surface area (Å²) in [6, 6.07) is 15.1. The predicted octanol–water partition coefficient (Wildman–Crippen LogP) is 1.85. The van der Waals surface area contributed by atoms with E-state index in [9.17, 15) is 18.0 Å². The summed E-state index contributed by atoms with van der Waals surface area (Å²) < 4.78 is 31.3. The Kier molecular flexibility index (Phi) is 6.88. The monoisotopic (exact) mass is 376 g/mol. The molecule has 0 aliphatic heterocycles. The summed E-state index contributed by atoms with van der Waals surface area (Å²) in [5.41, 5.74) is 1.54. The molecule has 0 saturated heterocycles. The lowest BCUT2D eigenvalue weighted by Crippen LogP contribution is -2.28. The molecule has 0 fully saturated rings. The van der Waals surface area contributed by atoms with Gasteiger partial charge in [-0.05, 0) is 31.2 Å². The largest absolute Gasteiger partial charge is 0.456 e. The normalized spacial score (nSPS) is 11.0. The number of hydrogen-bond acceptors (Lipinski definition) is 5. The zero-order chi connectivity index (χ0) is 19.0. The number of esters is 1. The standard InChI is InChI=1S/C18H20N2O5S/c1-14-7-9-16(10-8-14)26(23,24)19-12-11-18(22)25-13-17(21)20-15-5-3-2-4-6-15/h2-10,19H,11-13H2,1H3,(H,20,21). The number of benzene rings is 2. The summed E-state index contributed by atoms with van der Waals surface area (Å²) in [7, 11) is -3.68. The van der Waals surface area contributed by atoms with Gasteiger partial charge in [-0.3, -0.25) is 9.59 Å². The summed E-state index contributed by atoms with van der Waals surface area (Å²) >= 11 is 0. The van der Waals surface area contributed by atoms with Gasteiger partial charge in [-0.25, -0.2) is 13.1 Å². The fourth-order valence-corrected chi connectivity index (χ4v) is 3.06. The third-order valence-electron chi connectivity index (χ3n) is 3.37. The Morgan fingerprint density at radius 2 is 1.65 bits per heavy atom. The molecule has 2 aromatic rings. The van der Waals surface area contributed by atoms with Crippen LogP contribution >= 0.6 is 0 Å². The van der Waals surface area contributed by atoms with Crippen LogP contribution in [-0.4, -0.2) is 33.4 Å². The molecule has 0 atom stereocenters. The molecule has 2 rings (SSSR count). The van der Waals surface area contributed by atoms with Crippen LogP contribution in [0.1, 0.15) is 12.0 Å². The van der Waals surface area contributed by atoms with Gasteiger partial charge in [0.05, 0.1) is 11.3 Å². The maximum absolute atomic E-state index is 12.1. The lowest BCUT2D eigenvalue weighted by atomic mass is 10.2. The molecule has 8 heteroatoms. The van der Waals surface area contributed by atoms with E-state index in [-0.39, 0.29) is 17.9 Å². The number of hydrogen-bond donors (Lipinski definition) is 2. The van der Waals surface area contributed by atoms with Crippen LogP contribution in [0.3, 0.4) is 0 Å². The Bertz CT molecular complexity index is 849. The van der Waals surface area contributed by atoms with Crippen LogP contribution in [0.15, 0.2) is 59.5 Å². The minimum absolute atomic E-state index is 0.116. The van der Waals surface area contributed by atoms with E-state index in [0.717, 1.165) is 5.56 Å². The van der Waals surface area contributed by atoms with E-state index in [2.05, 4.69) is 10.0 Å². The number of nitrogens with one attached hydrogen (secondary N) is 2. The van der Waals surface area contributed by atoms with Gasteiger partial charge in [0, 0.05) is 12.2 Å². The number of sulfonamides is 1. The molecular weight excluding hydrogens is 356 g/mol. The number of anilines is 1. The van der Waals surface area contributed by atoms with Gasteiger partial charge in [-0.2, -0.15) is 0 Å². The van der Waals surface area contributed by atoms with Crippen LogP contribution in [-0.2, 0) is 24.3 Å². The van der Waals surface area contributed by atoms with Crippen LogP contribution in [0, 0.1) is 6.92 Å². The van der Waals surface area contributed by atoms with Crippen molar-refractivity contribution in [2.24, 2.45) is 0 Å². The van der Waals surface area contributed by atoms with Gasteiger partial charge in [0.15, 0.2) is 6.61 Å². The molecule has 2 aromatic carbocycles. The third-order valence-corrected chi connectivity index (χ3v) is 4.85. The van der Waals surface area contributed by atoms with Crippen LogP contribution in [0.2, 0.25) is 0 Å². The van der Waals surface area contributed by atoms with Gasteiger partial charge < -0.3 is 10.1 Å². The number of carbonyl (C=O) groups excluding carboxylic acids is 2. The quantitative estimate of drug-likeness (QED) is 0.685. The van der Waals surface area contributed by atoms with Gasteiger partial charge in [-0.1, -0.05) is 35.9 Å². The molecule has 0 unspecified atom stereocenters. The smallest absolute Gasteiger partial charge is 0.307 e. The van der Waals surface area contributed by atoms with E-state index in [1.807, 2.05) is 13.0 Å². The molecule has 0 spiro atoms. The van der Waals surface area contributed by atoms with Crippen molar-refractivity contribution in [3.05, 3.63) is 60.2 Å². The van der Waals surface area contributed by atoms with Crippen LogP contribution in [0.25, 0.3) is 0 Å². The zero-order valence-corrected chi connectivity index (χ0v) is 15.1. The Hall–Kier alpha value is -2.71. The van der Waals surface area contributed by atoms with Gasteiger partial charge in [0.25, 0.3) is 5.91 Å². The Morgan fingerprint density at radius 1 is 1.00 bits per heavy atom. The molecule has 0 aliphatic rings. The molecular formula is C18H20N2O5S.